The molecule has 5 aromatic rings. The normalized spacial score (nSPS) is 11.1. The molecule has 1 amide bonds. The number of methoxy groups -OCH3 is 2. The Morgan fingerprint density at radius 3 is 2.51 bits per heavy atom. The molecule has 0 atom stereocenters. The van der Waals surface area contributed by atoms with Crippen molar-refractivity contribution in [2.24, 2.45) is 0 Å². The van der Waals surface area contributed by atoms with Crippen molar-refractivity contribution in [1.82, 2.24) is 9.13 Å². The van der Waals surface area contributed by atoms with Crippen LogP contribution in [-0.4, -0.2) is 29.3 Å². The number of aromatic nitrogens is 2. The Morgan fingerprint density at radius 1 is 0.971 bits per heavy atom. The number of rotatable bonds is 7. The van der Waals surface area contributed by atoms with Gasteiger partial charge in [-0.25, -0.2) is 9.36 Å². The van der Waals surface area contributed by atoms with E-state index in [9.17, 15) is 14.4 Å². The molecule has 35 heavy (non-hydrogen) atoms. The molecule has 3 aromatic heterocycles. The van der Waals surface area contributed by atoms with Crippen LogP contribution in [-0.2, 0) is 17.9 Å². The molecule has 2 aromatic carbocycles. The summed E-state index contributed by atoms with van der Waals surface area (Å²) in [5.41, 5.74) is -0.131. The van der Waals surface area contributed by atoms with E-state index in [0.29, 0.717) is 33.9 Å². The first-order chi connectivity index (χ1) is 17.0. The monoisotopic (exact) mass is 475 g/mol. The van der Waals surface area contributed by atoms with Crippen LogP contribution >= 0.6 is 0 Å². The molecule has 0 unspecified atom stereocenters. The van der Waals surface area contributed by atoms with Gasteiger partial charge in [-0.05, 0) is 36.4 Å². The standard InChI is InChI=1S/C25H21N3O7/c1-32-19-10-9-15(12-20(19)33-2)26-21(29)14-27-22-17-7-3-4-8-18(17)35-23(22)24(30)28(25(27)31)13-16-6-5-11-34-16/h3-12H,13-14H2,1-2H3,(H,26,29). The number of carbonyl (C=O) groups excluding carboxylic acids is 1. The van der Waals surface area contributed by atoms with Gasteiger partial charge in [0.05, 0.1) is 27.0 Å². The van der Waals surface area contributed by atoms with Gasteiger partial charge in [0.1, 0.15) is 23.4 Å². The van der Waals surface area contributed by atoms with Crippen molar-refractivity contribution in [3.05, 3.63) is 87.5 Å². The first kappa shape index (κ1) is 22.1. The molecule has 0 bridgehead atoms. The molecule has 0 aliphatic heterocycles. The molecule has 0 saturated heterocycles. The van der Waals surface area contributed by atoms with Crippen LogP contribution < -0.4 is 26.0 Å². The third-order valence-corrected chi connectivity index (χ3v) is 5.60. The lowest BCUT2D eigenvalue weighted by atomic mass is 10.2. The minimum atomic E-state index is -0.659. The minimum Gasteiger partial charge on any atom is -0.493 e. The van der Waals surface area contributed by atoms with Gasteiger partial charge >= 0.3 is 5.69 Å². The average Bonchev–Trinajstić information content (AvgIpc) is 3.52. The predicted octanol–water partition coefficient (Wildman–Crippen LogP) is 3.21. The van der Waals surface area contributed by atoms with Crippen LogP contribution in [0.5, 0.6) is 11.5 Å². The summed E-state index contributed by atoms with van der Waals surface area (Å²) in [6, 6.07) is 15.2. The van der Waals surface area contributed by atoms with Gasteiger partial charge in [0, 0.05) is 17.1 Å². The van der Waals surface area contributed by atoms with Crippen molar-refractivity contribution >= 4 is 33.7 Å². The Balaban J connectivity index is 1.60. The fraction of sp³-hybridized carbons (Fsp3) is 0.160. The molecular formula is C25H21N3O7. The fourth-order valence-electron chi connectivity index (χ4n) is 4.00. The van der Waals surface area contributed by atoms with Gasteiger partial charge in [-0.2, -0.15) is 0 Å². The Hall–Kier alpha value is -4.73. The van der Waals surface area contributed by atoms with Crippen LogP contribution in [0.3, 0.4) is 0 Å². The Kier molecular flexibility index (Phi) is 5.61. The van der Waals surface area contributed by atoms with E-state index in [1.807, 2.05) is 0 Å². The summed E-state index contributed by atoms with van der Waals surface area (Å²) in [7, 11) is 3.01. The van der Waals surface area contributed by atoms with Crippen molar-refractivity contribution in [1.29, 1.82) is 0 Å². The predicted molar refractivity (Wildman–Crippen MR) is 128 cm³/mol. The number of hydrogen-bond acceptors (Lipinski definition) is 7. The first-order valence-corrected chi connectivity index (χ1v) is 10.7. The third-order valence-electron chi connectivity index (χ3n) is 5.60. The number of anilines is 1. The van der Waals surface area contributed by atoms with Crippen molar-refractivity contribution in [3.8, 4) is 11.5 Å². The highest BCUT2D eigenvalue weighted by atomic mass is 16.5. The summed E-state index contributed by atoms with van der Waals surface area (Å²) in [6.45, 7) is -0.458. The Labute approximate surface area is 197 Å². The number of nitrogens with zero attached hydrogens (tertiary/aromatic N) is 2. The zero-order valence-corrected chi connectivity index (χ0v) is 18.9. The quantitative estimate of drug-likeness (QED) is 0.384. The number of fused-ring (bicyclic) bond motifs is 3. The summed E-state index contributed by atoms with van der Waals surface area (Å²) in [4.78, 5) is 39.7. The molecule has 5 rings (SSSR count). The van der Waals surface area contributed by atoms with E-state index >= 15 is 0 Å². The lowest BCUT2D eigenvalue weighted by Gasteiger charge is -2.13. The van der Waals surface area contributed by atoms with Gasteiger partial charge in [0.25, 0.3) is 5.56 Å². The molecule has 0 aliphatic carbocycles. The zero-order valence-electron chi connectivity index (χ0n) is 18.9. The summed E-state index contributed by atoms with van der Waals surface area (Å²) >= 11 is 0. The number of hydrogen-bond donors (Lipinski definition) is 1. The number of ether oxygens (including phenoxy) is 2. The second kappa shape index (κ2) is 8.90. The maximum absolute atomic E-state index is 13.5. The lowest BCUT2D eigenvalue weighted by molar-refractivity contribution is -0.116. The van der Waals surface area contributed by atoms with Gasteiger partial charge in [-0.15, -0.1) is 0 Å². The van der Waals surface area contributed by atoms with Crippen molar-refractivity contribution in [2.45, 2.75) is 13.1 Å². The SMILES string of the molecule is COc1ccc(NC(=O)Cn2c(=O)n(Cc3ccco3)c(=O)c3oc4ccccc4c32)cc1OC. The summed E-state index contributed by atoms with van der Waals surface area (Å²) < 4.78 is 23.9. The maximum atomic E-state index is 13.5. The lowest BCUT2D eigenvalue weighted by Crippen LogP contribution is -2.41. The van der Waals surface area contributed by atoms with Crippen LogP contribution in [0.4, 0.5) is 5.69 Å². The highest BCUT2D eigenvalue weighted by molar-refractivity contribution is 6.03. The molecule has 1 N–H and O–H groups in total. The van der Waals surface area contributed by atoms with Gasteiger partial charge in [-0.1, -0.05) is 12.1 Å². The van der Waals surface area contributed by atoms with E-state index < -0.39 is 17.2 Å². The molecular weight excluding hydrogens is 454 g/mol. The average molecular weight is 475 g/mol. The van der Waals surface area contributed by atoms with Crippen LogP contribution in [0.25, 0.3) is 22.1 Å². The first-order valence-electron chi connectivity index (χ1n) is 10.7. The van der Waals surface area contributed by atoms with E-state index in [1.54, 1.807) is 54.6 Å². The largest absolute Gasteiger partial charge is 0.493 e. The summed E-state index contributed by atoms with van der Waals surface area (Å²) in [5, 5.41) is 3.31. The molecule has 0 fully saturated rings. The second-order valence-electron chi connectivity index (χ2n) is 7.73. The van der Waals surface area contributed by atoms with Crippen LogP contribution in [0.15, 0.2) is 79.3 Å². The smallest absolute Gasteiger partial charge is 0.332 e. The van der Waals surface area contributed by atoms with E-state index in [4.69, 9.17) is 18.3 Å². The molecule has 178 valence electrons. The molecule has 0 radical (unpaired) electrons. The Morgan fingerprint density at radius 2 is 1.77 bits per heavy atom. The van der Waals surface area contributed by atoms with Crippen LogP contribution in [0, 0.1) is 0 Å². The highest BCUT2D eigenvalue weighted by Crippen LogP contribution is 2.30. The Bertz CT molecular complexity index is 1660. The molecule has 0 spiro atoms. The van der Waals surface area contributed by atoms with Crippen LogP contribution in [0.2, 0.25) is 0 Å². The van der Waals surface area contributed by atoms with Gasteiger partial charge in [0.2, 0.25) is 11.5 Å². The second-order valence-corrected chi connectivity index (χ2v) is 7.73. The number of para-hydroxylation sites is 1. The van der Waals surface area contributed by atoms with Crippen molar-refractivity contribution < 1.29 is 23.1 Å². The number of carbonyl (C=O) groups is 1. The van der Waals surface area contributed by atoms with Crippen molar-refractivity contribution in [2.75, 3.05) is 19.5 Å². The fourth-order valence-corrected chi connectivity index (χ4v) is 4.00. The number of nitrogens with one attached hydrogen (secondary N) is 1. The molecule has 3 heterocycles. The highest BCUT2D eigenvalue weighted by Gasteiger charge is 2.22. The van der Waals surface area contributed by atoms with Crippen LogP contribution in [0.1, 0.15) is 5.76 Å². The topological polar surface area (TPSA) is 118 Å². The number of amides is 1. The van der Waals surface area contributed by atoms with E-state index in [1.165, 1.54) is 25.0 Å². The third kappa shape index (κ3) is 3.95. The minimum absolute atomic E-state index is 0.0173. The summed E-state index contributed by atoms with van der Waals surface area (Å²) in [5.74, 6) is 0.895. The zero-order chi connectivity index (χ0) is 24.5. The maximum Gasteiger partial charge on any atom is 0.332 e. The van der Waals surface area contributed by atoms with Gasteiger partial charge in [-0.3, -0.25) is 14.2 Å². The van der Waals surface area contributed by atoms with E-state index in [2.05, 4.69) is 5.32 Å². The number of benzene rings is 2. The molecule has 0 aliphatic rings. The molecule has 0 saturated carbocycles. The van der Waals surface area contributed by atoms with E-state index in [-0.39, 0.29) is 24.2 Å². The molecule has 10 heteroatoms. The van der Waals surface area contributed by atoms with Gasteiger partial charge in [0.15, 0.2) is 11.5 Å². The summed E-state index contributed by atoms with van der Waals surface area (Å²) in [6.07, 6.45) is 1.45. The van der Waals surface area contributed by atoms with E-state index in [0.717, 1.165) is 4.57 Å². The van der Waals surface area contributed by atoms with Gasteiger partial charge < -0.3 is 23.6 Å². The number of furan rings is 2. The van der Waals surface area contributed by atoms with Crippen molar-refractivity contribution in [3.63, 3.8) is 0 Å². The molecule has 10 nitrogen and oxygen atoms in total.